The van der Waals surface area contributed by atoms with Gasteiger partial charge in [-0.05, 0) is 35.4 Å². The minimum Gasteiger partial charge on any atom is -0.496 e. The van der Waals surface area contributed by atoms with Gasteiger partial charge in [-0.15, -0.1) is 0 Å². The molecule has 22 heavy (non-hydrogen) atoms. The summed E-state index contributed by atoms with van der Waals surface area (Å²) < 4.78 is 27.9. The number of carbonyl (C=O) groups excluding carboxylic acids is 1. The Bertz CT molecular complexity index is 803. The number of ether oxygens (including phenoxy) is 1. The van der Waals surface area contributed by atoms with Crippen LogP contribution in [0.2, 0.25) is 0 Å². The maximum Gasteiger partial charge on any atom is 0.175 e. The predicted octanol–water partition coefficient (Wildman–Crippen LogP) is 3.08. The average Bonchev–Trinajstić information content (AvgIpc) is 2.52. The van der Waals surface area contributed by atoms with E-state index in [0.29, 0.717) is 16.2 Å². The third-order valence-corrected chi connectivity index (χ3v) is 4.29. The molecular formula is C17H16O4S. The highest BCUT2D eigenvalue weighted by Gasteiger charge is 2.05. The Hall–Kier alpha value is -2.40. The second-order valence-electron chi connectivity index (χ2n) is 4.79. The average molecular weight is 316 g/mol. The fraction of sp³-hybridized carbons (Fsp3) is 0.118. The lowest BCUT2D eigenvalue weighted by Crippen LogP contribution is -1.96. The first-order valence-corrected chi connectivity index (χ1v) is 8.44. The molecule has 0 aliphatic carbocycles. The molecule has 114 valence electrons. The first-order valence-electron chi connectivity index (χ1n) is 6.55. The Morgan fingerprint density at radius 3 is 2.09 bits per heavy atom. The summed E-state index contributed by atoms with van der Waals surface area (Å²) >= 11 is 0. The van der Waals surface area contributed by atoms with Gasteiger partial charge in [0.05, 0.1) is 17.6 Å². The van der Waals surface area contributed by atoms with Crippen LogP contribution in [0.5, 0.6) is 5.75 Å². The molecule has 2 aromatic carbocycles. The van der Waals surface area contributed by atoms with Crippen molar-refractivity contribution in [3.05, 3.63) is 59.2 Å². The molecule has 0 bridgehead atoms. The van der Waals surface area contributed by atoms with Crippen LogP contribution < -0.4 is 4.74 Å². The molecule has 0 unspecified atom stereocenters. The smallest absolute Gasteiger partial charge is 0.175 e. The normalized spacial score (nSPS) is 11.5. The van der Waals surface area contributed by atoms with E-state index in [1.165, 1.54) is 13.4 Å². The lowest BCUT2D eigenvalue weighted by molar-refractivity contribution is 0.112. The molecule has 0 saturated heterocycles. The molecule has 0 fully saturated rings. The number of benzene rings is 2. The van der Waals surface area contributed by atoms with E-state index in [0.717, 1.165) is 17.4 Å². The monoisotopic (exact) mass is 316 g/mol. The molecule has 0 radical (unpaired) electrons. The summed E-state index contributed by atoms with van der Waals surface area (Å²) in [5.74, 6) is 0.518. The number of carbonyl (C=O) groups is 1. The van der Waals surface area contributed by atoms with E-state index in [4.69, 9.17) is 4.74 Å². The van der Waals surface area contributed by atoms with E-state index in [2.05, 4.69) is 0 Å². The summed E-state index contributed by atoms with van der Waals surface area (Å²) in [6.07, 6.45) is 5.66. The SMILES string of the molecule is COc1cc(C=Cc2ccc(S(C)(=O)=O)cc2)ccc1C=O. The molecule has 5 heteroatoms. The highest BCUT2D eigenvalue weighted by atomic mass is 32.2. The topological polar surface area (TPSA) is 60.4 Å². The first-order chi connectivity index (χ1) is 10.4. The zero-order valence-corrected chi connectivity index (χ0v) is 13.1. The molecule has 0 saturated carbocycles. The van der Waals surface area contributed by atoms with Crippen LogP contribution in [0.3, 0.4) is 0 Å². The van der Waals surface area contributed by atoms with Gasteiger partial charge in [0.25, 0.3) is 0 Å². The minimum absolute atomic E-state index is 0.293. The van der Waals surface area contributed by atoms with Crippen LogP contribution in [0.25, 0.3) is 12.2 Å². The largest absolute Gasteiger partial charge is 0.496 e. The summed E-state index contributed by atoms with van der Waals surface area (Å²) in [4.78, 5) is 11.1. The highest BCUT2D eigenvalue weighted by Crippen LogP contribution is 2.20. The second kappa shape index (κ2) is 6.58. The fourth-order valence-electron chi connectivity index (χ4n) is 1.95. The molecule has 0 amide bonds. The molecule has 0 aliphatic rings. The van der Waals surface area contributed by atoms with Gasteiger partial charge in [-0.3, -0.25) is 4.79 Å². The number of rotatable bonds is 5. The fourth-order valence-corrected chi connectivity index (χ4v) is 2.58. The summed E-state index contributed by atoms with van der Waals surface area (Å²) in [5, 5.41) is 0. The third kappa shape index (κ3) is 3.83. The van der Waals surface area contributed by atoms with Crippen molar-refractivity contribution >= 4 is 28.3 Å². The predicted molar refractivity (Wildman–Crippen MR) is 86.9 cm³/mol. The van der Waals surface area contributed by atoms with Gasteiger partial charge in [0, 0.05) is 6.26 Å². The molecule has 0 aliphatic heterocycles. The molecule has 0 spiro atoms. The van der Waals surface area contributed by atoms with Gasteiger partial charge in [0.2, 0.25) is 0 Å². The third-order valence-electron chi connectivity index (χ3n) is 3.16. The van der Waals surface area contributed by atoms with Gasteiger partial charge in [0.15, 0.2) is 16.1 Å². The van der Waals surface area contributed by atoms with Gasteiger partial charge < -0.3 is 4.74 Å². The molecule has 0 heterocycles. The maximum atomic E-state index is 11.4. The van der Waals surface area contributed by atoms with Crippen LogP contribution in [0.4, 0.5) is 0 Å². The van der Waals surface area contributed by atoms with E-state index in [9.17, 15) is 13.2 Å². The van der Waals surface area contributed by atoms with Crippen molar-refractivity contribution in [3.8, 4) is 5.75 Å². The van der Waals surface area contributed by atoms with E-state index in [-0.39, 0.29) is 0 Å². The van der Waals surface area contributed by atoms with E-state index < -0.39 is 9.84 Å². The first kappa shape index (κ1) is 16.0. The van der Waals surface area contributed by atoms with Crippen molar-refractivity contribution in [2.75, 3.05) is 13.4 Å². The zero-order valence-electron chi connectivity index (χ0n) is 12.3. The van der Waals surface area contributed by atoms with Crippen molar-refractivity contribution in [1.29, 1.82) is 0 Å². The standard InChI is InChI=1S/C17H16O4S/c1-21-17-11-14(5-8-15(17)12-18)4-3-13-6-9-16(10-7-13)22(2,19)20/h3-12H,1-2H3. The highest BCUT2D eigenvalue weighted by molar-refractivity contribution is 7.90. The van der Waals surface area contributed by atoms with Crippen molar-refractivity contribution in [3.63, 3.8) is 0 Å². The Morgan fingerprint density at radius 2 is 1.55 bits per heavy atom. The van der Waals surface area contributed by atoms with Crippen LogP contribution in [-0.4, -0.2) is 28.1 Å². The maximum absolute atomic E-state index is 11.4. The van der Waals surface area contributed by atoms with Crippen LogP contribution in [0, 0.1) is 0 Å². The lowest BCUT2D eigenvalue weighted by atomic mass is 10.1. The van der Waals surface area contributed by atoms with Gasteiger partial charge >= 0.3 is 0 Å². The van der Waals surface area contributed by atoms with Crippen LogP contribution in [0.1, 0.15) is 21.5 Å². The Kier molecular flexibility index (Phi) is 4.78. The number of hydrogen-bond acceptors (Lipinski definition) is 4. The van der Waals surface area contributed by atoms with Gasteiger partial charge in [-0.1, -0.05) is 30.4 Å². The van der Waals surface area contributed by atoms with Gasteiger partial charge in [-0.2, -0.15) is 0 Å². The Balaban J connectivity index is 2.23. The molecule has 2 rings (SSSR count). The molecule has 2 aromatic rings. The molecule has 0 aromatic heterocycles. The Morgan fingerprint density at radius 1 is 0.955 bits per heavy atom. The van der Waals surface area contributed by atoms with Crippen molar-refractivity contribution < 1.29 is 17.9 Å². The molecular weight excluding hydrogens is 300 g/mol. The van der Waals surface area contributed by atoms with E-state index in [1.807, 2.05) is 18.2 Å². The summed E-state index contributed by atoms with van der Waals surface area (Å²) in [7, 11) is -1.66. The van der Waals surface area contributed by atoms with E-state index in [1.54, 1.807) is 36.4 Å². The second-order valence-corrected chi connectivity index (χ2v) is 6.81. The van der Waals surface area contributed by atoms with Crippen LogP contribution in [0.15, 0.2) is 47.4 Å². The lowest BCUT2D eigenvalue weighted by Gasteiger charge is -2.04. The van der Waals surface area contributed by atoms with Gasteiger partial charge in [-0.25, -0.2) is 8.42 Å². The van der Waals surface area contributed by atoms with Crippen LogP contribution >= 0.6 is 0 Å². The van der Waals surface area contributed by atoms with Crippen molar-refractivity contribution in [2.24, 2.45) is 0 Å². The summed E-state index contributed by atoms with van der Waals surface area (Å²) in [6.45, 7) is 0. The van der Waals surface area contributed by atoms with E-state index >= 15 is 0 Å². The number of hydrogen-bond donors (Lipinski definition) is 0. The Labute approximate surface area is 130 Å². The van der Waals surface area contributed by atoms with Gasteiger partial charge in [0.1, 0.15) is 5.75 Å². The number of methoxy groups -OCH3 is 1. The zero-order chi connectivity index (χ0) is 16.2. The molecule has 4 nitrogen and oxygen atoms in total. The molecule has 0 atom stereocenters. The minimum atomic E-state index is -3.18. The number of sulfone groups is 1. The molecule has 0 N–H and O–H groups in total. The quantitative estimate of drug-likeness (QED) is 0.628. The summed E-state index contributed by atoms with van der Waals surface area (Å²) in [6, 6.07) is 11.9. The van der Waals surface area contributed by atoms with Crippen molar-refractivity contribution in [1.82, 2.24) is 0 Å². The van der Waals surface area contributed by atoms with Crippen molar-refractivity contribution in [2.45, 2.75) is 4.90 Å². The summed E-state index contributed by atoms with van der Waals surface area (Å²) in [5.41, 5.74) is 2.26. The van der Waals surface area contributed by atoms with Crippen LogP contribution in [-0.2, 0) is 9.84 Å². The number of aldehydes is 1.